The molecule has 0 unspecified atom stereocenters. The van der Waals surface area contributed by atoms with Gasteiger partial charge in [-0.05, 0) is 0 Å². The van der Waals surface area contributed by atoms with Gasteiger partial charge in [0.15, 0.2) is 0 Å². The van der Waals surface area contributed by atoms with Crippen molar-refractivity contribution in [1.82, 2.24) is 0 Å². The molecule has 0 aliphatic rings. The van der Waals surface area contributed by atoms with Gasteiger partial charge in [0.2, 0.25) is 0 Å². The maximum atomic E-state index is 3.60. The van der Waals surface area contributed by atoms with Gasteiger partial charge in [0, 0.05) is 0 Å². The Balaban J connectivity index is -0.0000000480. The second kappa shape index (κ2) is 31.3. The van der Waals surface area contributed by atoms with Crippen LogP contribution in [0.3, 0.4) is 0 Å². The molecule has 0 N–H and O–H groups in total. The van der Waals surface area contributed by atoms with Crippen LogP contribution in [-0.4, -0.2) is 0 Å². The van der Waals surface area contributed by atoms with Gasteiger partial charge >= 0.3 is 17.1 Å². The molecule has 7 heavy (non-hydrogen) atoms. The molecule has 0 heterocycles. The summed E-state index contributed by atoms with van der Waals surface area (Å²) < 4.78 is 0. The molecule has 0 aliphatic heterocycles. The average Bonchev–Trinajstić information content (AvgIpc) is 1.72. The summed E-state index contributed by atoms with van der Waals surface area (Å²) in [4.78, 5) is 0. The van der Waals surface area contributed by atoms with Crippen LogP contribution >= 0.6 is 0 Å². The topological polar surface area (TPSA) is 0 Å². The number of hydrogen-bond donors (Lipinski definition) is 0. The monoisotopic (exact) mass is 149 g/mol. The van der Waals surface area contributed by atoms with Crippen LogP contribution in [0.25, 0.3) is 0 Å². The third-order valence-corrected chi connectivity index (χ3v) is 0.354. The maximum Gasteiger partial charge on any atom is 2.00 e. The van der Waals surface area contributed by atoms with Crippen molar-refractivity contribution in [2.75, 3.05) is 0 Å². The van der Waals surface area contributed by atoms with E-state index in [9.17, 15) is 0 Å². The van der Waals surface area contributed by atoms with Crippen molar-refractivity contribution in [2.24, 2.45) is 0 Å². The number of unbranched alkanes of at least 4 members (excludes halogenated alkanes) is 1. The molecule has 0 aromatic heterocycles. The molecule has 0 spiro atoms. The van der Waals surface area contributed by atoms with Crippen LogP contribution in [0.15, 0.2) is 0 Å². The summed E-state index contributed by atoms with van der Waals surface area (Å²) in [6.45, 7) is 10.7. The first kappa shape index (κ1) is 15.6. The third kappa shape index (κ3) is 57.7. The number of rotatable bonds is 1. The Bertz CT molecular complexity index is 6.14. The van der Waals surface area contributed by atoms with Crippen molar-refractivity contribution in [1.29, 1.82) is 0 Å². The van der Waals surface area contributed by atoms with Gasteiger partial charge in [-0.25, -0.2) is 0 Å². The largest absolute Gasteiger partial charge is 2.00 e. The van der Waals surface area contributed by atoms with E-state index in [2.05, 4.69) is 20.8 Å². The van der Waals surface area contributed by atoms with Gasteiger partial charge in [0.1, 0.15) is 0 Å². The Kier molecular flexibility index (Phi) is 69.9. The molecule has 1 radical (unpaired) electrons. The Labute approximate surface area is 58.2 Å². The summed E-state index contributed by atoms with van der Waals surface area (Å²) >= 11 is 0. The maximum absolute atomic E-state index is 3.60. The molecule has 0 saturated carbocycles. The van der Waals surface area contributed by atoms with E-state index in [1.807, 2.05) is 0 Å². The fourth-order valence-electron chi connectivity index (χ4n) is 0. The summed E-state index contributed by atoms with van der Waals surface area (Å²) in [6.07, 6.45) is 2.28. The van der Waals surface area contributed by atoms with Gasteiger partial charge < -0.3 is 13.8 Å². The minimum atomic E-state index is 0. The van der Waals surface area contributed by atoms with Gasteiger partial charge in [-0.3, -0.25) is 0 Å². The molecule has 0 rings (SSSR count). The zero-order valence-electron chi connectivity index (χ0n) is 5.13. The molecule has 0 bridgehead atoms. The van der Waals surface area contributed by atoms with Crippen LogP contribution in [-0.2, 0) is 17.1 Å². The standard InChI is InChI=1S/C4H9.C2H5.Cu/c1-3-4-2;1-2;/h1,3-4H2,2H3;1H2,2H3;/q2*-1;+2. The van der Waals surface area contributed by atoms with Crippen molar-refractivity contribution in [2.45, 2.75) is 26.7 Å². The van der Waals surface area contributed by atoms with Crippen LogP contribution in [0, 0.1) is 13.8 Å². The first-order valence-electron chi connectivity index (χ1n) is 2.41. The fourth-order valence-corrected chi connectivity index (χ4v) is 0. The van der Waals surface area contributed by atoms with E-state index < -0.39 is 0 Å². The van der Waals surface area contributed by atoms with Crippen molar-refractivity contribution < 1.29 is 17.1 Å². The van der Waals surface area contributed by atoms with E-state index in [4.69, 9.17) is 0 Å². The molecule has 0 nitrogen and oxygen atoms in total. The normalized spacial score (nSPS) is 5.14. The summed E-state index contributed by atoms with van der Waals surface area (Å²) in [5.74, 6) is 0. The minimum absolute atomic E-state index is 0. The molecule has 0 aliphatic carbocycles. The van der Waals surface area contributed by atoms with Gasteiger partial charge in [-0.1, -0.05) is 13.3 Å². The molecule has 0 fully saturated rings. The quantitative estimate of drug-likeness (QED) is 0.397. The van der Waals surface area contributed by atoms with Crippen molar-refractivity contribution in [3.63, 3.8) is 0 Å². The molecule has 0 atom stereocenters. The Hall–Kier alpha value is 0.519. The molecule has 49 valence electrons. The fraction of sp³-hybridized carbons (Fsp3) is 0.667. The van der Waals surface area contributed by atoms with E-state index in [1.54, 1.807) is 6.92 Å². The van der Waals surface area contributed by atoms with Gasteiger partial charge in [0.05, 0.1) is 0 Å². The Morgan fingerprint density at radius 1 is 1.29 bits per heavy atom. The molecular weight excluding hydrogens is 136 g/mol. The molecule has 1 heteroatoms. The first-order valence-corrected chi connectivity index (χ1v) is 2.41. The predicted molar refractivity (Wildman–Crippen MR) is 31.3 cm³/mol. The van der Waals surface area contributed by atoms with Crippen LogP contribution in [0.1, 0.15) is 26.7 Å². The first-order chi connectivity index (χ1) is 2.91. The Morgan fingerprint density at radius 2 is 1.43 bits per heavy atom. The van der Waals surface area contributed by atoms with Crippen LogP contribution in [0.5, 0.6) is 0 Å². The predicted octanol–water partition coefficient (Wildman–Crippen LogP) is 2.46. The van der Waals surface area contributed by atoms with Gasteiger partial charge in [-0.2, -0.15) is 13.3 Å². The average molecular weight is 150 g/mol. The molecule has 0 aromatic rings. The molecular formula is C6H14Cu. The van der Waals surface area contributed by atoms with E-state index in [-0.39, 0.29) is 17.1 Å². The van der Waals surface area contributed by atoms with Crippen LogP contribution in [0.2, 0.25) is 0 Å². The third-order valence-electron chi connectivity index (χ3n) is 0.354. The van der Waals surface area contributed by atoms with Crippen molar-refractivity contribution in [3.05, 3.63) is 13.8 Å². The molecule has 0 saturated heterocycles. The SMILES string of the molecule is [CH2-]C.[CH2-]CCC.[Cu+2]. The van der Waals surface area contributed by atoms with Crippen molar-refractivity contribution in [3.8, 4) is 0 Å². The number of hydrogen-bond acceptors (Lipinski definition) is 0. The van der Waals surface area contributed by atoms with E-state index >= 15 is 0 Å². The van der Waals surface area contributed by atoms with E-state index in [0.29, 0.717) is 0 Å². The Morgan fingerprint density at radius 3 is 1.43 bits per heavy atom. The summed E-state index contributed by atoms with van der Waals surface area (Å²) in [5.41, 5.74) is 0. The van der Waals surface area contributed by atoms with Crippen LogP contribution < -0.4 is 0 Å². The van der Waals surface area contributed by atoms with E-state index in [1.165, 1.54) is 6.42 Å². The minimum Gasteiger partial charge on any atom is -0.346 e. The second-order valence-corrected chi connectivity index (χ2v) is 0.854. The molecule has 0 amide bonds. The smallest absolute Gasteiger partial charge is 0.346 e. The summed E-state index contributed by atoms with van der Waals surface area (Å²) in [7, 11) is 0. The summed E-state index contributed by atoms with van der Waals surface area (Å²) in [5, 5.41) is 0. The summed E-state index contributed by atoms with van der Waals surface area (Å²) in [6, 6.07) is 0. The van der Waals surface area contributed by atoms with Gasteiger partial charge in [0.25, 0.3) is 0 Å². The van der Waals surface area contributed by atoms with Gasteiger partial charge in [-0.15, -0.1) is 0 Å². The second-order valence-electron chi connectivity index (χ2n) is 0.854. The molecule has 0 aromatic carbocycles. The van der Waals surface area contributed by atoms with Crippen LogP contribution in [0.4, 0.5) is 0 Å². The van der Waals surface area contributed by atoms with Crippen molar-refractivity contribution >= 4 is 0 Å². The zero-order valence-corrected chi connectivity index (χ0v) is 6.07. The zero-order chi connectivity index (χ0) is 5.41. The van der Waals surface area contributed by atoms with E-state index in [0.717, 1.165) is 6.42 Å².